The smallest absolute Gasteiger partial charge is 0.183 e. The first-order chi connectivity index (χ1) is 11.6. The number of hydrogen-bond acceptors (Lipinski definition) is 3. The molecule has 0 aliphatic heterocycles. The van der Waals surface area contributed by atoms with Gasteiger partial charge in [-0.1, -0.05) is 41.9 Å². The second kappa shape index (κ2) is 6.80. The molecule has 124 valence electrons. The lowest BCUT2D eigenvalue weighted by molar-refractivity contribution is -0.123. The van der Waals surface area contributed by atoms with Crippen LogP contribution in [-0.4, -0.2) is 17.9 Å². The van der Waals surface area contributed by atoms with E-state index in [2.05, 4.69) is 5.32 Å². The van der Waals surface area contributed by atoms with E-state index in [1.807, 2.05) is 36.4 Å². The molecule has 2 N–H and O–H groups in total. The number of hydrogen-bond donors (Lipinski definition) is 2. The van der Waals surface area contributed by atoms with Gasteiger partial charge in [0.05, 0.1) is 0 Å². The summed E-state index contributed by atoms with van der Waals surface area (Å²) in [6.45, 7) is 0. The number of phenols is 1. The van der Waals surface area contributed by atoms with Crippen LogP contribution in [0.25, 0.3) is 6.08 Å². The van der Waals surface area contributed by atoms with Crippen molar-refractivity contribution >= 4 is 23.5 Å². The molecule has 1 aliphatic carbocycles. The predicted molar refractivity (Wildman–Crippen MR) is 97.1 cm³/mol. The Morgan fingerprint density at radius 2 is 2.00 bits per heavy atom. The summed E-state index contributed by atoms with van der Waals surface area (Å²) < 4.78 is 0. The van der Waals surface area contributed by atoms with Gasteiger partial charge in [-0.25, -0.2) is 0 Å². The van der Waals surface area contributed by atoms with Gasteiger partial charge in [0.25, 0.3) is 0 Å². The molecule has 3 nitrogen and oxygen atoms in total. The number of Topliss-reactive ketones (excluding diaryl/α,β-unsaturated/α-hetero) is 1. The molecule has 1 fully saturated rings. The molecule has 2 aromatic carbocycles. The predicted octanol–water partition coefficient (Wildman–Crippen LogP) is 4.30. The summed E-state index contributed by atoms with van der Waals surface area (Å²) in [5.41, 5.74) is 1.60. The van der Waals surface area contributed by atoms with Crippen LogP contribution in [0.5, 0.6) is 5.75 Å². The van der Waals surface area contributed by atoms with Crippen LogP contribution in [0.1, 0.15) is 30.4 Å². The van der Waals surface area contributed by atoms with Crippen molar-refractivity contribution in [3.05, 3.63) is 70.3 Å². The van der Waals surface area contributed by atoms with E-state index in [-0.39, 0.29) is 11.5 Å². The molecule has 0 bridgehead atoms. The lowest BCUT2D eigenvalue weighted by atomic mass is 9.73. The highest BCUT2D eigenvalue weighted by Crippen LogP contribution is 2.40. The van der Waals surface area contributed by atoms with Crippen LogP contribution in [0.4, 0.5) is 0 Å². The Labute approximate surface area is 147 Å². The molecule has 1 saturated carbocycles. The Morgan fingerprint density at radius 3 is 2.71 bits per heavy atom. The first-order valence-electron chi connectivity index (χ1n) is 8.05. The third-order valence-electron chi connectivity index (χ3n) is 4.65. The molecular weight excluding hydrogens is 322 g/mol. The summed E-state index contributed by atoms with van der Waals surface area (Å²) in [5.74, 6) is 0.242. The fourth-order valence-corrected chi connectivity index (χ4v) is 3.73. The molecule has 2 aromatic rings. The zero-order chi connectivity index (χ0) is 17.2. The van der Waals surface area contributed by atoms with Crippen molar-refractivity contribution in [2.24, 2.45) is 0 Å². The van der Waals surface area contributed by atoms with Crippen molar-refractivity contribution in [3.8, 4) is 5.75 Å². The quantitative estimate of drug-likeness (QED) is 0.818. The lowest BCUT2D eigenvalue weighted by Crippen LogP contribution is -2.50. The van der Waals surface area contributed by atoms with Crippen molar-refractivity contribution in [1.29, 1.82) is 0 Å². The van der Waals surface area contributed by atoms with Crippen LogP contribution >= 0.6 is 11.6 Å². The van der Waals surface area contributed by atoms with Crippen molar-refractivity contribution < 1.29 is 9.90 Å². The van der Waals surface area contributed by atoms with E-state index in [1.54, 1.807) is 25.2 Å². The average Bonchev–Trinajstić information content (AvgIpc) is 2.58. The van der Waals surface area contributed by atoms with E-state index in [0.29, 0.717) is 11.4 Å². The minimum atomic E-state index is -0.792. The third-order valence-corrected chi connectivity index (χ3v) is 4.98. The van der Waals surface area contributed by atoms with Gasteiger partial charge in [-0.15, -0.1) is 0 Å². The molecule has 0 heterocycles. The molecular formula is C20H20ClNO2. The van der Waals surface area contributed by atoms with Crippen molar-refractivity contribution in [2.45, 2.75) is 24.8 Å². The van der Waals surface area contributed by atoms with E-state index in [4.69, 9.17) is 11.6 Å². The number of carbonyl (C=O) groups is 1. The Balaban J connectivity index is 2.04. The maximum Gasteiger partial charge on any atom is 0.183 e. The van der Waals surface area contributed by atoms with Gasteiger partial charge in [-0.2, -0.15) is 0 Å². The number of rotatable bonds is 3. The van der Waals surface area contributed by atoms with Gasteiger partial charge in [0.1, 0.15) is 11.3 Å². The van der Waals surface area contributed by atoms with E-state index in [1.165, 1.54) is 0 Å². The summed E-state index contributed by atoms with van der Waals surface area (Å²) in [6.07, 6.45) is 4.19. The van der Waals surface area contributed by atoms with Crippen LogP contribution in [0.2, 0.25) is 5.02 Å². The van der Waals surface area contributed by atoms with E-state index < -0.39 is 5.54 Å². The van der Waals surface area contributed by atoms with Gasteiger partial charge in [0, 0.05) is 5.02 Å². The number of carbonyl (C=O) groups excluding carboxylic acids is 1. The van der Waals surface area contributed by atoms with Crippen LogP contribution < -0.4 is 5.32 Å². The second-order valence-corrected chi connectivity index (χ2v) is 6.49. The summed E-state index contributed by atoms with van der Waals surface area (Å²) >= 11 is 6.38. The summed E-state index contributed by atoms with van der Waals surface area (Å²) in [7, 11) is 1.80. The molecule has 4 heteroatoms. The molecule has 1 atom stereocenters. The average molecular weight is 342 g/mol. The molecule has 24 heavy (non-hydrogen) atoms. The van der Waals surface area contributed by atoms with E-state index >= 15 is 0 Å². The second-order valence-electron chi connectivity index (χ2n) is 6.08. The Morgan fingerprint density at radius 1 is 1.21 bits per heavy atom. The number of phenolic OH excluding ortho intramolecular Hbond substituents is 1. The SMILES string of the molecule is CNC1(c2ccccc2Cl)CCC/C(=C\c2cccc(O)c2)C1=O. The van der Waals surface area contributed by atoms with Crippen LogP contribution in [0, 0.1) is 0 Å². The Hall–Kier alpha value is -2.10. The number of benzene rings is 2. The Kier molecular flexibility index (Phi) is 4.74. The standard InChI is InChI=1S/C20H20ClNO2/c1-22-20(17-9-2-3-10-18(17)21)11-5-7-15(19(20)24)12-14-6-4-8-16(23)13-14/h2-4,6,8-10,12-13,22-23H,5,7,11H2,1H3/b15-12+. The number of aromatic hydroxyl groups is 1. The summed E-state index contributed by atoms with van der Waals surface area (Å²) in [4.78, 5) is 13.3. The highest BCUT2D eigenvalue weighted by molar-refractivity contribution is 6.32. The zero-order valence-electron chi connectivity index (χ0n) is 13.6. The monoisotopic (exact) mass is 341 g/mol. The topological polar surface area (TPSA) is 49.3 Å². The first-order valence-corrected chi connectivity index (χ1v) is 8.43. The van der Waals surface area contributed by atoms with Gasteiger partial charge < -0.3 is 10.4 Å². The van der Waals surface area contributed by atoms with Gasteiger partial charge >= 0.3 is 0 Å². The largest absolute Gasteiger partial charge is 0.508 e. The van der Waals surface area contributed by atoms with Gasteiger partial charge in [-0.05, 0) is 67.3 Å². The minimum Gasteiger partial charge on any atom is -0.508 e. The van der Waals surface area contributed by atoms with Crippen LogP contribution in [0.3, 0.4) is 0 Å². The maximum atomic E-state index is 13.3. The van der Waals surface area contributed by atoms with Gasteiger partial charge in [0.2, 0.25) is 0 Å². The fraction of sp³-hybridized carbons (Fsp3) is 0.250. The molecule has 0 amide bonds. The van der Waals surface area contributed by atoms with E-state index in [9.17, 15) is 9.90 Å². The normalized spacial score (nSPS) is 22.8. The molecule has 0 aromatic heterocycles. The number of ketones is 1. The highest BCUT2D eigenvalue weighted by atomic mass is 35.5. The maximum absolute atomic E-state index is 13.3. The fourth-order valence-electron chi connectivity index (χ4n) is 3.44. The third kappa shape index (κ3) is 2.97. The first kappa shape index (κ1) is 16.7. The van der Waals surface area contributed by atoms with Crippen LogP contribution in [-0.2, 0) is 10.3 Å². The molecule has 0 radical (unpaired) electrons. The van der Waals surface area contributed by atoms with Gasteiger partial charge in [0.15, 0.2) is 5.78 Å². The Bertz CT molecular complexity index is 800. The summed E-state index contributed by atoms with van der Waals surface area (Å²) in [6, 6.07) is 14.4. The number of nitrogens with one attached hydrogen (secondary N) is 1. The molecule has 3 rings (SSSR count). The molecule has 1 unspecified atom stereocenters. The van der Waals surface area contributed by atoms with Crippen molar-refractivity contribution in [1.82, 2.24) is 5.32 Å². The van der Waals surface area contributed by atoms with E-state index in [0.717, 1.165) is 29.5 Å². The van der Waals surface area contributed by atoms with Crippen molar-refractivity contribution in [2.75, 3.05) is 7.05 Å². The molecule has 0 saturated heterocycles. The molecule has 0 spiro atoms. The van der Waals surface area contributed by atoms with Crippen LogP contribution in [0.15, 0.2) is 54.1 Å². The highest BCUT2D eigenvalue weighted by Gasteiger charge is 2.43. The van der Waals surface area contributed by atoms with Gasteiger partial charge in [-0.3, -0.25) is 4.79 Å². The molecule has 1 aliphatic rings. The minimum absolute atomic E-state index is 0.0488. The van der Waals surface area contributed by atoms with Crippen molar-refractivity contribution in [3.63, 3.8) is 0 Å². The zero-order valence-corrected chi connectivity index (χ0v) is 14.3. The summed E-state index contributed by atoms with van der Waals surface area (Å²) in [5, 5.41) is 13.5. The lowest BCUT2D eigenvalue weighted by Gasteiger charge is -2.37. The number of likely N-dealkylation sites (N-methyl/N-ethyl adjacent to an activating group) is 1. The number of halogens is 1.